The van der Waals surface area contributed by atoms with E-state index in [2.05, 4.69) is 4.90 Å². The summed E-state index contributed by atoms with van der Waals surface area (Å²) in [7, 11) is 0. The zero-order valence-corrected chi connectivity index (χ0v) is 13.5. The molecule has 1 spiro atoms. The Bertz CT molecular complexity index is 355. The highest BCUT2D eigenvalue weighted by molar-refractivity contribution is 5.83. The van der Waals surface area contributed by atoms with Crippen LogP contribution in [-0.4, -0.2) is 30.4 Å². The smallest absolute Gasteiger partial charge is 0.230 e. The van der Waals surface area contributed by atoms with E-state index >= 15 is 0 Å². The quantitative estimate of drug-likeness (QED) is 0.792. The van der Waals surface area contributed by atoms with Gasteiger partial charge in [0.15, 0.2) is 0 Å². The van der Waals surface area contributed by atoms with Crippen molar-refractivity contribution in [3.8, 4) is 0 Å². The molecule has 0 aromatic heterocycles. The molecule has 2 saturated carbocycles. The third kappa shape index (κ3) is 2.99. The Morgan fingerprint density at radius 2 is 1.33 bits per heavy atom. The topological polar surface area (TPSA) is 46.3 Å². The predicted molar refractivity (Wildman–Crippen MR) is 85.9 cm³/mol. The van der Waals surface area contributed by atoms with E-state index in [-0.39, 0.29) is 5.41 Å². The minimum atomic E-state index is -0.226. The molecule has 3 heteroatoms. The van der Waals surface area contributed by atoms with E-state index in [9.17, 15) is 4.79 Å². The largest absolute Gasteiger partial charge is 0.342 e. The van der Waals surface area contributed by atoms with Crippen LogP contribution in [0.1, 0.15) is 77.0 Å². The van der Waals surface area contributed by atoms with Gasteiger partial charge in [-0.1, -0.05) is 38.5 Å². The Hall–Kier alpha value is -0.570. The van der Waals surface area contributed by atoms with Crippen LogP contribution in [0, 0.1) is 10.8 Å². The maximum Gasteiger partial charge on any atom is 0.230 e. The second-order valence-electron chi connectivity index (χ2n) is 7.90. The number of likely N-dealkylation sites (tertiary alicyclic amines) is 1. The van der Waals surface area contributed by atoms with Gasteiger partial charge >= 0.3 is 0 Å². The molecule has 3 aliphatic rings. The van der Waals surface area contributed by atoms with E-state index in [1.54, 1.807) is 0 Å². The summed E-state index contributed by atoms with van der Waals surface area (Å²) in [4.78, 5) is 15.3. The number of hydrogen-bond donors (Lipinski definition) is 1. The molecule has 3 rings (SSSR count). The molecule has 3 nitrogen and oxygen atoms in total. The van der Waals surface area contributed by atoms with Gasteiger partial charge in [0.1, 0.15) is 0 Å². The number of carbonyl (C=O) groups excluding carboxylic acids is 1. The second kappa shape index (κ2) is 6.28. The number of hydrogen-bond acceptors (Lipinski definition) is 2. The van der Waals surface area contributed by atoms with Gasteiger partial charge in [-0.05, 0) is 43.9 Å². The lowest BCUT2D eigenvalue weighted by atomic mass is 9.75. The summed E-state index contributed by atoms with van der Waals surface area (Å²) < 4.78 is 0. The molecule has 3 fully saturated rings. The lowest BCUT2D eigenvalue weighted by Crippen LogP contribution is -2.51. The number of nitrogens with zero attached hydrogens (tertiary/aromatic N) is 1. The molecule has 1 saturated heterocycles. The highest BCUT2D eigenvalue weighted by Gasteiger charge is 2.43. The first-order valence-corrected chi connectivity index (χ1v) is 9.19. The summed E-state index contributed by atoms with van der Waals surface area (Å²) in [6, 6.07) is 0. The molecule has 0 radical (unpaired) electrons. The maximum atomic E-state index is 13.1. The summed E-state index contributed by atoms with van der Waals surface area (Å²) in [6.07, 6.45) is 15.0. The van der Waals surface area contributed by atoms with Crippen molar-refractivity contribution in [3.05, 3.63) is 0 Å². The molecular formula is C18H32N2O. The minimum absolute atomic E-state index is 0.226. The van der Waals surface area contributed by atoms with Gasteiger partial charge in [-0.2, -0.15) is 0 Å². The van der Waals surface area contributed by atoms with Gasteiger partial charge in [-0.25, -0.2) is 0 Å². The summed E-state index contributed by atoms with van der Waals surface area (Å²) >= 11 is 0. The van der Waals surface area contributed by atoms with Crippen LogP contribution >= 0.6 is 0 Å². The van der Waals surface area contributed by atoms with E-state index < -0.39 is 0 Å². The van der Waals surface area contributed by atoms with E-state index in [0.717, 1.165) is 25.9 Å². The van der Waals surface area contributed by atoms with Crippen LogP contribution in [0.25, 0.3) is 0 Å². The molecule has 2 N–H and O–H groups in total. The van der Waals surface area contributed by atoms with Crippen molar-refractivity contribution in [2.75, 3.05) is 19.6 Å². The van der Waals surface area contributed by atoms with Gasteiger partial charge in [0, 0.05) is 19.6 Å². The van der Waals surface area contributed by atoms with E-state index in [1.165, 1.54) is 64.2 Å². The van der Waals surface area contributed by atoms with Crippen LogP contribution in [0.5, 0.6) is 0 Å². The Morgan fingerprint density at radius 1 is 0.810 bits per heavy atom. The summed E-state index contributed by atoms with van der Waals surface area (Å²) in [5.74, 6) is 0.389. The molecule has 0 aromatic carbocycles. The van der Waals surface area contributed by atoms with Gasteiger partial charge in [0.2, 0.25) is 5.91 Å². The molecule has 1 amide bonds. The normalized spacial score (nSPS) is 28.5. The van der Waals surface area contributed by atoms with Crippen LogP contribution in [0.4, 0.5) is 0 Å². The maximum absolute atomic E-state index is 13.1. The molecule has 1 heterocycles. The summed E-state index contributed by atoms with van der Waals surface area (Å²) in [6.45, 7) is 2.52. The third-order valence-electron chi connectivity index (χ3n) is 6.68. The van der Waals surface area contributed by atoms with E-state index in [0.29, 0.717) is 17.9 Å². The SMILES string of the molecule is NCC1(C(=O)N2CCC3(CCCC3)CC2)CCCCCC1. The molecule has 1 aliphatic heterocycles. The van der Waals surface area contributed by atoms with Crippen LogP contribution < -0.4 is 5.73 Å². The Morgan fingerprint density at radius 3 is 1.86 bits per heavy atom. The van der Waals surface area contributed by atoms with Crippen LogP contribution in [0.2, 0.25) is 0 Å². The van der Waals surface area contributed by atoms with Crippen LogP contribution in [-0.2, 0) is 4.79 Å². The highest BCUT2D eigenvalue weighted by Crippen LogP contribution is 2.47. The second-order valence-corrected chi connectivity index (χ2v) is 7.90. The standard InChI is InChI=1S/C18H32N2O/c19-15-18(9-3-1-2-4-10-18)16(21)20-13-11-17(12-14-20)7-5-6-8-17/h1-15,19H2. The number of amides is 1. The van der Waals surface area contributed by atoms with E-state index in [4.69, 9.17) is 5.73 Å². The van der Waals surface area contributed by atoms with Gasteiger partial charge in [0.25, 0.3) is 0 Å². The Kier molecular flexibility index (Phi) is 4.58. The van der Waals surface area contributed by atoms with Gasteiger partial charge in [-0.15, -0.1) is 0 Å². The highest BCUT2D eigenvalue weighted by atomic mass is 16.2. The third-order valence-corrected chi connectivity index (χ3v) is 6.68. The zero-order chi connectivity index (χ0) is 14.8. The molecule has 0 aromatic rings. The summed E-state index contributed by atoms with van der Waals surface area (Å²) in [5.41, 5.74) is 6.45. The van der Waals surface area contributed by atoms with Crippen LogP contribution in [0.15, 0.2) is 0 Å². The first kappa shape index (κ1) is 15.3. The molecule has 2 aliphatic carbocycles. The Balaban J connectivity index is 1.64. The van der Waals surface area contributed by atoms with Crippen molar-refractivity contribution in [2.24, 2.45) is 16.6 Å². The molecule has 21 heavy (non-hydrogen) atoms. The first-order chi connectivity index (χ1) is 10.2. The lowest BCUT2D eigenvalue weighted by Gasteiger charge is -2.43. The van der Waals surface area contributed by atoms with Crippen molar-refractivity contribution < 1.29 is 4.79 Å². The van der Waals surface area contributed by atoms with E-state index in [1.807, 2.05) is 0 Å². The Labute approximate surface area is 129 Å². The lowest BCUT2D eigenvalue weighted by molar-refractivity contribution is -0.145. The van der Waals surface area contributed by atoms with Gasteiger partial charge in [0.05, 0.1) is 5.41 Å². The molecule has 0 atom stereocenters. The fraction of sp³-hybridized carbons (Fsp3) is 0.944. The molecule has 0 unspecified atom stereocenters. The average Bonchev–Trinajstić information content (AvgIpc) is 2.83. The van der Waals surface area contributed by atoms with Gasteiger partial charge < -0.3 is 10.6 Å². The van der Waals surface area contributed by atoms with Gasteiger partial charge in [-0.3, -0.25) is 4.79 Å². The molecule has 0 bridgehead atoms. The molecule has 120 valence electrons. The molecular weight excluding hydrogens is 260 g/mol. The fourth-order valence-electron chi connectivity index (χ4n) is 5.06. The van der Waals surface area contributed by atoms with Crippen molar-refractivity contribution in [1.29, 1.82) is 0 Å². The average molecular weight is 292 g/mol. The number of piperidine rings is 1. The first-order valence-electron chi connectivity index (χ1n) is 9.19. The minimum Gasteiger partial charge on any atom is -0.342 e. The van der Waals surface area contributed by atoms with Crippen LogP contribution in [0.3, 0.4) is 0 Å². The number of rotatable bonds is 2. The van der Waals surface area contributed by atoms with Crippen molar-refractivity contribution in [3.63, 3.8) is 0 Å². The fourth-order valence-corrected chi connectivity index (χ4v) is 5.06. The van der Waals surface area contributed by atoms with Crippen molar-refractivity contribution in [2.45, 2.75) is 77.0 Å². The van der Waals surface area contributed by atoms with Crippen molar-refractivity contribution >= 4 is 5.91 Å². The number of nitrogens with two attached hydrogens (primary N) is 1. The predicted octanol–water partition coefficient (Wildman–Crippen LogP) is 3.47. The number of carbonyl (C=O) groups is 1. The monoisotopic (exact) mass is 292 g/mol. The summed E-state index contributed by atoms with van der Waals surface area (Å²) in [5, 5.41) is 0. The van der Waals surface area contributed by atoms with Crippen molar-refractivity contribution in [1.82, 2.24) is 4.90 Å². The zero-order valence-electron chi connectivity index (χ0n) is 13.5.